The average molecular weight is 545 g/mol. The molecule has 7 nitrogen and oxygen atoms in total. The van der Waals surface area contributed by atoms with Crippen molar-refractivity contribution in [3.63, 3.8) is 0 Å². The number of amides is 3. The van der Waals surface area contributed by atoms with Gasteiger partial charge in [-0.2, -0.15) is 0 Å². The van der Waals surface area contributed by atoms with Crippen LogP contribution in [0.15, 0.2) is 91.1 Å². The molecule has 0 aliphatic carbocycles. The fourth-order valence-corrected chi connectivity index (χ4v) is 4.27. The largest absolute Gasteiger partial charge is 0.377 e. The van der Waals surface area contributed by atoms with Crippen LogP contribution in [-0.4, -0.2) is 29.8 Å². The number of allylic oxidation sites excluding steroid dienone is 1. The quantitative estimate of drug-likeness (QED) is 0.244. The SMILES string of the molecule is C=C(CCC(N)=O)N[C@H](Cc1ccc(C(C)(C)F)cc1)C(=O)N[C@@H](Cc1ccc(-c2ccccc2)cc1)C(N)=O. The second kappa shape index (κ2) is 13.6. The minimum Gasteiger partial charge on any atom is -0.377 e. The predicted molar refractivity (Wildman–Crippen MR) is 155 cm³/mol. The van der Waals surface area contributed by atoms with Crippen molar-refractivity contribution in [1.29, 1.82) is 0 Å². The van der Waals surface area contributed by atoms with Crippen LogP contribution < -0.4 is 22.1 Å². The summed E-state index contributed by atoms with van der Waals surface area (Å²) in [6.07, 6.45) is 0.766. The first-order chi connectivity index (χ1) is 18.9. The molecule has 6 N–H and O–H groups in total. The van der Waals surface area contributed by atoms with Gasteiger partial charge in [0.1, 0.15) is 17.8 Å². The molecule has 0 aliphatic rings. The molecular weight excluding hydrogens is 507 g/mol. The van der Waals surface area contributed by atoms with Crippen LogP contribution in [0.2, 0.25) is 0 Å². The van der Waals surface area contributed by atoms with Crippen LogP contribution in [-0.2, 0) is 32.9 Å². The molecule has 3 rings (SSSR count). The summed E-state index contributed by atoms with van der Waals surface area (Å²) in [5.74, 6) is -1.61. The zero-order chi connectivity index (χ0) is 29.3. The van der Waals surface area contributed by atoms with Gasteiger partial charge in [-0.25, -0.2) is 4.39 Å². The van der Waals surface area contributed by atoms with E-state index in [4.69, 9.17) is 11.5 Å². The number of benzene rings is 3. The standard InChI is InChI=1S/C32H37FN4O3/c1-21(9-18-29(34)38)36-28(20-23-12-16-26(17-13-23)32(2,3)33)31(40)37-27(30(35)39)19-22-10-14-25(15-11-22)24-7-5-4-6-8-24/h4-8,10-17,27-28,36H,1,9,18-20H2,2-3H3,(H2,34,38)(H2,35,39)(H,37,40)/t27-,28+/m0/s1. The zero-order valence-electron chi connectivity index (χ0n) is 23.0. The highest BCUT2D eigenvalue weighted by molar-refractivity contribution is 5.89. The molecule has 3 amide bonds. The third-order valence-electron chi connectivity index (χ3n) is 6.61. The lowest BCUT2D eigenvalue weighted by Gasteiger charge is -2.24. The summed E-state index contributed by atoms with van der Waals surface area (Å²) in [5, 5.41) is 5.83. The number of nitrogens with one attached hydrogen (secondary N) is 2. The van der Waals surface area contributed by atoms with Crippen LogP contribution in [0.25, 0.3) is 11.1 Å². The number of hydrogen-bond acceptors (Lipinski definition) is 4. The summed E-state index contributed by atoms with van der Waals surface area (Å²) >= 11 is 0. The van der Waals surface area contributed by atoms with E-state index in [0.717, 1.165) is 22.3 Å². The van der Waals surface area contributed by atoms with Gasteiger partial charge in [-0.3, -0.25) is 14.4 Å². The van der Waals surface area contributed by atoms with Gasteiger partial charge in [-0.1, -0.05) is 85.4 Å². The Hall–Kier alpha value is -4.46. The minimum atomic E-state index is -1.50. The third-order valence-corrected chi connectivity index (χ3v) is 6.61. The molecule has 3 aromatic carbocycles. The zero-order valence-corrected chi connectivity index (χ0v) is 23.0. The Labute approximate surface area is 234 Å². The van der Waals surface area contributed by atoms with E-state index in [1.54, 1.807) is 24.3 Å². The van der Waals surface area contributed by atoms with Gasteiger partial charge < -0.3 is 22.1 Å². The van der Waals surface area contributed by atoms with Crippen molar-refractivity contribution < 1.29 is 18.8 Å². The van der Waals surface area contributed by atoms with Crippen molar-refractivity contribution in [1.82, 2.24) is 10.6 Å². The van der Waals surface area contributed by atoms with E-state index in [1.165, 1.54) is 13.8 Å². The molecule has 40 heavy (non-hydrogen) atoms. The highest BCUT2D eigenvalue weighted by atomic mass is 19.1. The van der Waals surface area contributed by atoms with Crippen molar-refractivity contribution in [2.75, 3.05) is 0 Å². The Kier molecular flexibility index (Phi) is 10.2. The first-order valence-electron chi connectivity index (χ1n) is 13.2. The van der Waals surface area contributed by atoms with Gasteiger partial charge in [0, 0.05) is 25.0 Å². The normalized spacial score (nSPS) is 12.7. The number of nitrogens with two attached hydrogens (primary N) is 2. The highest BCUT2D eigenvalue weighted by Crippen LogP contribution is 2.25. The van der Waals surface area contributed by atoms with E-state index < -0.39 is 35.5 Å². The molecule has 8 heteroatoms. The molecule has 0 heterocycles. The van der Waals surface area contributed by atoms with Crippen LogP contribution in [0.4, 0.5) is 4.39 Å². The fourth-order valence-electron chi connectivity index (χ4n) is 4.27. The maximum Gasteiger partial charge on any atom is 0.243 e. The summed E-state index contributed by atoms with van der Waals surface area (Å²) in [4.78, 5) is 37.0. The Bertz CT molecular complexity index is 1320. The van der Waals surface area contributed by atoms with Crippen molar-refractivity contribution in [3.8, 4) is 11.1 Å². The smallest absolute Gasteiger partial charge is 0.243 e. The number of rotatable bonds is 14. The summed E-state index contributed by atoms with van der Waals surface area (Å²) in [7, 11) is 0. The Balaban J connectivity index is 1.74. The number of alkyl halides is 1. The molecule has 0 fully saturated rings. The number of carbonyl (C=O) groups excluding carboxylic acids is 3. The van der Waals surface area contributed by atoms with E-state index in [-0.39, 0.29) is 25.7 Å². The average Bonchev–Trinajstić information content (AvgIpc) is 2.91. The van der Waals surface area contributed by atoms with Crippen LogP contribution in [0.1, 0.15) is 43.4 Å². The Morgan fingerprint density at radius 2 is 1.30 bits per heavy atom. The monoisotopic (exact) mass is 544 g/mol. The van der Waals surface area contributed by atoms with Crippen molar-refractivity contribution in [3.05, 3.63) is 108 Å². The lowest BCUT2D eigenvalue weighted by atomic mass is 9.96. The van der Waals surface area contributed by atoms with Crippen LogP contribution in [0, 0.1) is 0 Å². The third kappa shape index (κ3) is 9.08. The van der Waals surface area contributed by atoms with Gasteiger partial charge in [0.05, 0.1) is 0 Å². The van der Waals surface area contributed by atoms with Gasteiger partial charge in [0.25, 0.3) is 0 Å². The van der Waals surface area contributed by atoms with Crippen molar-refractivity contribution in [2.45, 2.75) is 57.3 Å². The second-order valence-electron chi connectivity index (χ2n) is 10.4. The van der Waals surface area contributed by atoms with Gasteiger partial charge >= 0.3 is 0 Å². The number of primary amides is 2. The first-order valence-corrected chi connectivity index (χ1v) is 13.2. The fraction of sp³-hybridized carbons (Fsp3) is 0.281. The lowest BCUT2D eigenvalue weighted by molar-refractivity contribution is -0.128. The van der Waals surface area contributed by atoms with E-state index in [2.05, 4.69) is 17.2 Å². The maximum absolute atomic E-state index is 14.3. The molecule has 210 valence electrons. The summed E-state index contributed by atoms with van der Waals surface area (Å²) < 4.78 is 14.3. The summed E-state index contributed by atoms with van der Waals surface area (Å²) in [6, 6.07) is 22.7. The van der Waals surface area contributed by atoms with Crippen LogP contribution in [0.3, 0.4) is 0 Å². The molecular formula is C32H37FN4O3. The van der Waals surface area contributed by atoms with Gasteiger partial charge in [0.2, 0.25) is 17.7 Å². The lowest BCUT2D eigenvalue weighted by Crippen LogP contribution is -2.53. The topological polar surface area (TPSA) is 127 Å². The molecule has 0 bridgehead atoms. The van der Waals surface area contributed by atoms with E-state index in [9.17, 15) is 18.8 Å². The number of halogens is 1. The van der Waals surface area contributed by atoms with E-state index >= 15 is 0 Å². The minimum absolute atomic E-state index is 0.0728. The molecule has 0 aliphatic heterocycles. The van der Waals surface area contributed by atoms with Crippen LogP contribution in [0.5, 0.6) is 0 Å². The summed E-state index contributed by atoms with van der Waals surface area (Å²) in [5.41, 5.74) is 14.1. The van der Waals surface area contributed by atoms with Crippen LogP contribution >= 0.6 is 0 Å². The Morgan fingerprint density at radius 3 is 1.82 bits per heavy atom. The second-order valence-corrected chi connectivity index (χ2v) is 10.4. The molecule has 2 atom stereocenters. The molecule has 0 saturated heterocycles. The van der Waals surface area contributed by atoms with E-state index in [0.29, 0.717) is 11.3 Å². The molecule has 0 saturated carbocycles. The molecule has 0 spiro atoms. The molecule has 0 aromatic heterocycles. The van der Waals surface area contributed by atoms with Gasteiger partial charge in [-0.05, 0) is 48.1 Å². The highest BCUT2D eigenvalue weighted by Gasteiger charge is 2.26. The van der Waals surface area contributed by atoms with Gasteiger partial charge in [-0.15, -0.1) is 0 Å². The van der Waals surface area contributed by atoms with E-state index in [1.807, 2.05) is 54.6 Å². The molecule has 3 aromatic rings. The van der Waals surface area contributed by atoms with Crippen molar-refractivity contribution in [2.24, 2.45) is 11.5 Å². The number of carbonyl (C=O) groups is 3. The molecule has 0 unspecified atom stereocenters. The first kappa shape index (κ1) is 30.1. The van der Waals surface area contributed by atoms with Gasteiger partial charge in [0.15, 0.2) is 0 Å². The molecule has 0 radical (unpaired) electrons. The summed E-state index contributed by atoms with van der Waals surface area (Å²) in [6.45, 7) is 6.86. The Morgan fingerprint density at radius 1 is 0.775 bits per heavy atom. The van der Waals surface area contributed by atoms with Crippen molar-refractivity contribution >= 4 is 17.7 Å². The predicted octanol–water partition coefficient (Wildman–Crippen LogP) is 4.05. The maximum atomic E-state index is 14.3. The number of hydrogen-bond donors (Lipinski definition) is 4.